The van der Waals surface area contributed by atoms with E-state index in [1.54, 1.807) is 15.8 Å². The van der Waals surface area contributed by atoms with Gasteiger partial charge >= 0.3 is 5.97 Å². The summed E-state index contributed by atoms with van der Waals surface area (Å²) in [6, 6.07) is 7.83. The van der Waals surface area contributed by atoms with E-state index in [0.717, 1.165) is 24.1 Å². The summed E-state index contributed by atoms with van der Waals surface area (Å²) in [4.78, 5) is 25.2. The number of carbonyl (C=O) groups excluding carboxylic acids is 1. The molecular weight excluding hydrogens is 320 g/mol. The highest BCUT2D eigenvalue weighted by atomic mass is 16.4. The molecule has 1 fully saturated rings. The summed E-state index contributed by atoms with van der Waals surface area (Å²) >= 11 is 0. The van der Waals surface area contributed by atoms with Crippen LogP contribution in [0.25, 0.3) is 5.69 Å². The van der Waals surface area contributed by atoms with Crippen molar-refractivity contribution in [2.24, 2.45) is 5.92 Å². The minimum Gasteiger partial charge on any atom is -0.481 e. The Morgan fingerprint density at radius 1 is 1.36 bits per heavy atom. The zero-order valence-electron chi connectivity index (χ0n) is 14.3. The van der Waals surface area contributed by atoms with Gasteiger partial charge in [0.2, 0.25) is 0 Å². The summed E-state index contributed by atoms with van der Waals surface area (Å²) in [5.41, 5.74) is 2.29. The first kappa shape index (κ1) is 17.1. The molecule has 1 aliphatic rings. The largest absolute Gasteiger partial charge is 0.481 e. The Morgan fingerprint density at radius 2 is 2.20 bits per heavy atom. The number of carbonyl (C=O) groups is 2. The summed E-state index contributed by atoms with van der Waals surface area (Å²) in [5, 5.41) is 16.9. The van der Waals surface area contributed by atoms with Crippen molar-refractivity contribution in [2.75, 3.05) is 13.1 Å². The lowest BCUT2D eigenvalue weighted by molar-refractivity contribution is -0.137. The molecule has 2 heterocycles. The molecule has 3 rings (SSSR count). The molecule has 1 aliphatic heterocycles. The van der Waals surface area contributed by atoms with Crippen LogP contribution in [0.1, 0.15) is 41.7 Å². The molecule has 7 heteroatoms. The molecule has 0 unspecified atom stereocenters. The van der Waals surface area contributed by atoms with Gasteiger partial charge in [-0.1, -0.05) is 17.3 Å². The van der Waals surface area contributed by atoms with Crippen molar-refractivity contribution >= 4 is 11.9 Å². The second kappa shape index (κ2) is 7.46. The normalized spacial score (nSPS) is 17.5. The third-order valence-electron chi connectivity index (χ3n) is 4.55. The van der Waals surface area contributed by atoms with E-state index in [9.17, 15) is 9.59 Å². The molecule has 0 bridgehead atoms. The highest BCUT2D eigenvalue weighted by molar-refractivity contribution is 5.92. The summed E-state index contributed by atoms with van der Waals surface area (Å²) in [7, 11) is 0. The van der Waals surface area contributed by atoms with Crippen LogP contribution in [-0.2, 0) is 4.79 Å². The van der Waals surface area contributed by atoms with Gasteiger partial charge in [-0.15, -0.1) is 5.10 Å². The summed E-state index contributed by atoms with van der Waals surface area (Å²) in [5.74, 6) is -0.691. The molecule has 1 atom stereocenters. The number of carboxylic acid groups (broad SMARTS) is 1. The van der Waals surface area contributed by atoms with E-state index in [1.807, 2.05) is 31.2 Å². The van der Waals surface area contributed by atoms with Crippen molar-refractivity contribution in [3.05, 3.63) is 41.7 Å². The first-order chi connectivity index (χ1) is 12.0. The van der Waals surface area contributed by atoms with Gasteiger partial charge in [-0.2, -0.15) is 0 Å². The number of carboxylic acids is 1. The predicted octanol–water partition coefficient (Wildman–Crippen LogP) is 2.29. The second-order valence-electron chi connectivity index (χ2n) is 6.58. The lowest BCUT2D eigenvalue weighted by Crippen LogP contribution is -2.40. The fourth-order valence-electron chi connectivity index (χ4n) is 3.23. The lowest BCUT2D eigenvalue weighted by atomic mass is 9.93. The van der Waals surface area contributed by atoms with E-state index in [4.69, 9.17) is 5.11 Å². The van der Waals surface area contributed by atoms with Crippen molar-refractivity contribution in [1.29, 1.82) is 0 Å². The maximum Gasteiger partial charge on any atom is 0.303 e. The van der Waals surface area contributed by atoms with Crippen molar-refractivity contribution < 1.29 is 14.7 Å². The number of aryl methyl sites for hydroxylation is 1. The van der Waals surface area contributed by atoms with Crippen molar-refractivity contribution in [1.82, 2.24) is 19.9 Å². The fraction of sp³-hybridized carbons (Fsp3) is 0.444. The minimum atomic E-state index is -0.787. The van der Waals surface area contributed by atoms with Crippen LogP contribution in [0.15, 0.2) is 30.5 Å². The van der Waals surface area contributed by atoms with Crippen LogP contribution in [0, 0.1) is 12.8 Å². The molecular formula is C18H22N4O3. The van der Waals surface area contributed by atoms with Gasteiger partial charge in [0.25, 0.3) is 5.91 Å². The van der Waals surface area contributed by atoms with E-state index in [1.165, 1.54) is 0 Å². The average Bonchev–Trinajstić information content (AvgIpc) is 3.10. The number of hydrogen-bond acceptors (Lipinski definition) is 4. The zero-order chi connectivity index (χ0) is 17.8. The van der Waals surface area contributed by atoms with Crippen molar-refractivity contribution in [2.45, 2.75) is 32.6 Å². The van der Waals surface area contributed by atoms with Gasteiger partial charge < -0.3 is 10.0 Å². The van der Waals surface area contributed by atoms with Crippen LogP contribution in [-0.4, -0.2) is 50.0 Å². The Labute approximate surface area is 146 Å². The van der Waals surface area contributed by atoms with Crippen LogP contribution in [0.2, 0.25) is 0 Å². The van der Waals surface area contributed by atoms with Crippen LogP contribution in [0.4, 0.5) is 0 Å². The highest BCUT2D eigenvalue weighted by Gasteiger charge is 2.26. The molecule has 1 aromatic heterocycles. The Bertz CT molecular complexity index is 771. The van der Waals surface area contributed by atoms with Gasteiger partial charge in [0, 0.05) is 19.5 Å². The lowest BCUT2D eigenvalue weighted by Gasteiger charge is -2.32. The van der Waals surface area contributed by atoms with Gasteiger partial charge in [-0.05, 0) is 49.8 Å². The Kier molecular flexibility index (Phi) is 5.11. The number of benzene rings is 1. The topological polar surface area (TPSA) is 88.3 Å². The van der Waals surface area contributed by atoms with E-state index < -0.39 is 5.97 Å². The average molecular weight is 342 g/mol. The number of nitrogens with zero attached hydrogens (tertiary/aromatic N) is 4. The zero-order valence-corrected chi connectivity index (χ0v) is 14.3. The molecule has 1 aromatic carbocycles. The summed E-state index contributed by atoms with van der Waals surface area (Å²) in [6.45, 7) is 3.26. The second-order valence-corrected chi connectivity index (χ2v) is 6.58. The van der Waals surface area contributed by atoms with Crippen molar-refractivity contribution in [3.8, 4) is 5.69 Å². The third kappa shape index (κ3) is 4.23. The molecule has 0 saturated carbocycles. The van der Waals surface area contributed by atoms with Crippen LogP contribution in [0.5, 0.6) is 0 Å². The molecule has 132 valence electrons. The standard InChI is InChI=1S/C18H22N4O3/c1-13-4-2-6-15(10-13)22-12-16(19-20-22)18(25)21-9-3-5-14(11-21)7-8-17(23)24/h2,4,6,10,12,14H,3,5,7-9,11H2,1H3,(H,23,24)/t14-/m0/s1. The maximum atomic E-state index is 12.7. The Balaban J connectivity index is 1.67. The van der Waals surface area contributed by atoms with E-state index in [0.29, 0.717) is 25.2 Å². The van der Waals surface area contributed by atoms with Crippen LogP contribution >= 0.6 is 0 Å². The maximum absolute atomic E-state index is 12.7. The van der Waals surface area contributed by atoms with Crippen LogP contribution < -0.4 is 0 Å². The van der Waals surface area contributed by atoms with Gasteiger partial charge in [0.1, 0.15) is 0 Å². The smallest absolute Gasteiger partial charge is 0.303 e. The van der Waals surface area contributed by atoms with Gasteiger partial charge in [-0.3, -0.25) is 9.59 Å². The number of hydrogen-bond donors (Lipinski definition) is 1. The summed E-state index contributed by atoms with van der Waals surface area (Å²) < 4.78 is 1.60. The summed E-state index contributed by atoms with van der Waals surface area (Å²) in [6.07, 6.45) is 4.26. The molecule has 7 nitrogen and oxygen atoms in total. The molecule has 25 heavy (non-hydrogen) atoms. The number of piperidine rings is 1. The first-order valence-electron chi connectivity index (χ1n) is 8.53. The Hall–Kier alpha value is -2.70. The number of aliphatic carboxylic acids is 1. The first-order valence-corrected chi connectivity index (χ1v) is 8.53. The van der Waals surface area contributed by atoms with Crippen molar-refractivity contribution in [3.63, 3.8) is 0 Å². The Morgan fingerprint density at radius 3 is 2.96 bits per heavy atom. The number of amides is 1. The SMILES string of the molecule is Cc1cccc(-n2cc(C(=O)N3CCC[C@@H](CCC(=O)O)C3)nn2)c1. The number of likely N-dealkylation sites (tertiary alicyclic amines) is 1. The highest BCUT2D eigenvalue weighted by Crippen LogP contribution is 2.22. The van der Waals surface area contributed by atoms with Gasteiger partial charge in [-0.25, -0.2) is 4.68 Å². The molecule has 1 N–H and O–H groups in total. The molecule has 2 aromatic rings. The molecule has 1 amide bonds. The minimum absolute atomic E-state index is 0.140. The number of rotatable bonds is 5. The van der Waals surface area contributed by atoms with E-state index >= 15 is 0 Å². The predicted molar refractivity (Wildman–Crippen MR) is 91.6 cm³/mol. The molecule has 1 saturated heterocycles. The number of aromatic nitrogens is 3. The third-order valence-corrected chi connectivity index (χ3v) is 4.55. The molecule has 0 spiro atoms. The van der Waals surface area contributed by atoms with Gasteiger partial charge in [0.05, 0.1) is 11.9 Å². The molecule has 0 radical (unpaired) electrons. The molecule has 0 aliphatic carbocycles. The monoisotopic (exact) mass is 342 g/mol. The van der Waals surface area contributed by atoms with Gasteiger partial charge in [0.15, 0.2) is 5.69 Å². The van der Waals surface area contributed by atoms with Crippen LogP contribution in [0.3, 0.4) is 0 Å². The quantitative estimate of drug-likeness (QED) is 0.900. The fourth-order valence-corrected chi connectivity index (χ4v) is 3.23. The van der Waals surface area contributed by atoms with E-state index in [2.05, 4.69) is 10.3 Å². The van der Waals surface area contributed by atoms with E-state index in [-0.39, 0.29) is 18.2 Å².